The first-order chi connectivity index (χ1) is 9.97. The van der Waals surface area contributed by atoms with E-state index in [1.54, 1.807) is 23.9 Å². The topological polar surface area (TPSA) is 81.1 Å². The zero-order valence-corrected chi connectivity index (χ0v) is 16.0. The van der Waals surface area contributed by atoms with Crippen LogP contribution in [0, 0.1) is 0 Å². The van der Waals surface area contributed by atoms with E-state index in [2.05, 4.69) is 20.4 Å². The van der Waals surface area contributed by atoms with Crippen LogP contribution < -0.4 is 11.1 Å². The Labute approximate surface area is 156 Å². The molecule has 0 amide bonds. The third-order valence-corrected chi connectivity index (χ3v) is 3.55. The van der Waals surface area contributed by atoms with E-state index in [-0.39, 0.29) is 30.0 Å². The summed E-state index contributed by atoms with van der Waals surface area (Å²) in [5.41, 5.74) is 6.77. The van der Waals surface area contributed by atoms with Gasteiger partial charge < -0.3 is 11.1 Å². The van der Waals surface area contributed by atoms with Crippen LogP contribution in [0.1, 0.15) is 24.4 Å². The Morgan fingerprint density at radius 3 is 2.77 bits per heavy atom. The maximum Gasteiger partial charge on any atom is 0.189 e. The molecule has 22 heavy (non-hydrogen) atoms. The van der Waals surface area contributed by atoms with Crippen molar-refractivity contribution in [3.05, 3.63) is 46.0 Å². The summed E-state index contributed by atoms with van der Waals surface area (Å²) in [7, 11) is 1.80. The molecule has 1 atom stereocenters. The van der Waals surface area contributed by atoms with Crippen molar-refractivity contribution >= 4 is 53.1 Å². The molecule has 0 radical (unpaired) electrons. The van der Waals surface area contributed by atoms with Crippen LogP contribution in [0.3, 0.4) is 0 Å². The number of aliphatic imine (C=N–C) groups is 1. The van der Waals surface area contributed by atoms with E-state index < -0.39 is 0 Å². The Balaban J connectivity index is 0.00000242. The highest BCUT2D eigenvalue weighted by Crippen LogP contribution is 2.25. The normalized spacial score (nSPS) is 12.6. The van der Waals surface area contributed by atoms with E-state index in [9.17, 15) is 0 Å². The zero-order valence-electron chi connectivity index (χ0n) is 12.1. The highest BCUT2D eigenvalue weighted by Gasteiger charge is 2.10. The van der Waals surface area contributed by atoms with E-state index in [1.165, 1.54) is 6.33 Å². The fraction of sp³-hybridized carbons (Fsp3) is 0.308. The lowest BCUT2D eigenvalue weighted by atomic mass is 10.1. The molecule has 9 heteroatoms. The number of hydrogen-bond donors (Lipinski definition) is 2. The lowest BCUT2D eigenvalue weighted by molar-refractivity contribution is 0.687. The summed E-state index contributed by atoms with van der Waals surface area (Å²) in [5.74, 6) is 1.05. The van der Waals surface area contributed by atoms with Gasteiger partial charge in [0.2, 0.25) is 0 Å². The van der Waals surface area contributed by atoms with Crippen molar-refractivity contribution in [1.29, 1.82) is 0 Å². The Bertz CT molecular complexity index is 658. The van der Waals surface area contributed by atoms with Gasteiger partial charge in [0.05, 0.1) is 6.04 Å². The van der Waals surface area contributed by atoms with Crippen molar-refractivity contribution in [2.75, 3.05) is 0 Å². The molecule has 0 aliphatic heterocycles. The standard InChI is InChI=1S/C13H16Cl2N6.HI/c1-8(10-4-3-9(14)5-11(10)15)20-13(16)17-6-12-18-7-19-21(12)2;/h3-5,7-8H,6H2,1-2H3,(H3,16,17,20);1H. The summed E-state index contributed by atoms with van der Waals surface area (Å²) < 4.78 is 1.65. The highest BCUT2D eigenvalue weighted by molar-refractivity contribution is 14.0. The van der Waals surface area contributed by atoms with Crippen molar-refractivity contribution in [2.24, 2.45) is 17.8 Å². The van der Waals surface area contributed by atoms with Crippen molar-refractivity contribution in [1.82, 2.24) is 20.1 Å². The molecule has 2 aromatic rings. The zero-order chi connectivity index (χ0) is 15.4. The monoisotopic (exact) mass is 454 g/mol. The molecule has 1 aromatic heterocycles. The molecule has 1 unspecified atom stereocenters. The van der Waals surface area contributed by atoms with Crippen LogP contribution in [0.25, 0.3) is 0 Å². The molecular formula is C13H17Cl2IN6. The molecule has 120 valence electrons. The molecule has 0 bridgehead atoms. The summed E-state index contributed by atoms with van der Waals surface area (Å²) in [6.07, 6.45) is 1.48. The lowest BCUT2D eigenvalue weighted by Gasteiger charge is -2.16. The average Bonchev–Trinajstić information content (AvgIpc) is 2.81. The maximum absolute atomic E-state index is 6.16. The van der Waals surface area contributed by atoms with Crippen LogP contribution in [-0.2, 0) is 13.6 Å². The van der Waals surface area contributed by atoms with Gasteiger partial charge in [-0.05, 0) is 24.6 Å². The summed E-state index contributed by atoms with van der Waals surface area (Å²) in [6.45, 7) is 2.30. The maximum atomic E-state index is 6.16. The SMILES string of the molecule is CC(NC(N)=NCc1ncnn1C)c1ccc(Cl)cc1Cl.I. The van der Waals surface area contributed by atoms with Crippen LogP contribution >= 0.6 is 47.2 Å². The molecule has 0 spiro atoms. The largest absolute Gasteiger partial charge is 0.370 e. The number of benzene rings is 1. The molecular weight excluding hydrogens is 438 g/mol. The molecule has 6 nitrogen and oxygen atoms in total. The molecule has 2 rings (SSSR count). The van der Waals surface area contributed by atoms with Gasteiger partial charge in [0, 0.05) is 17.1 Å². The second kappa shape index (κ2) is 8.54. The second-order valence-corrected chi connectivity index (χ2v) is 5.38. The van der Waals surface area contributed by atoms with Gasteiger partial charge in [0.1, 0.15) is 18.7 Å². The minimum absolute atomic E-state index is 0. The van der Waals surface area contributed by atoms with Crippen molar-refractivity contribution in [2.45, 2.75) is 19.5 Å². The first-order valence-electron chi connectivity index (χ1n) is 6.31. The number of hydrogen-bond acceptors (Lipinski definition) is 3. The fourth-order valence-electron chi connectivity index (χ4n) is 1.82. The first-order valence-corrected chi connectivity index (χ1v) is 7.07. The molecule has 0 saturated carbocycles. The Kier molecular flexibility index (Phi) is 7.37. The number of aryl methyl sites for hydroxylation is 1. The van der Waals surface area contributed by atoms with Crippen LogP contribution in [0.5, 0.6) is 0 Å². The van der Waals surface area contributed by atoms with E-state index in [1.807, 2.05) is 13.0 Å². The summed E-state index contributed by atoms with van der Waals surface area (Å²) in [5, 5.41) is 8.23. The number of rotatable bonds is 4. The van der Waals surface area contributed by atoms with E-state index in [4.69, 9.17) is 28.9 Å². The Morgan fingerprint density at radius 1 is 1.45 bits per heavy atom. The molecule has 3 N–H and O–H groups in total. The van der Waals surface area contributed by atoms with Crippen molar-refractivity contribution < 1.29 is 0 Å². The first kappa shape index (κ1) is 19.0. The third kappa shape index (κ3) is 4.99. The molecule has 0 saturated heterocycles. The quantitative estimate of drug-likeness (QED) is 0.422. The minimum Gasteiger partial charge on any atom is -0.370 e. The lowest BCUT2D eigenvalue weighted by Crippen LogP contribution is -2.34. The van der Waals surface area contributed by atoms with Gasteiger partial charge >= 0.3 is 0 Å². The van der Waals surface area contributed by atoms with Crippen LogP contribution in [-0.4, -0.2) is 20.7 Å². The number of nitrogens with two attached hydrogens (primary N) is 1. The van der Waals surface area contributed by atoms with Gasteiger partial charge in [-0.25, -0.2) is 9.98 Å². The fourth-order valence-corrected chi connectivity index (χ4v) is 2.39. The molecule has 0 fully saturated rings. The van der Waals surface area contributed by atoms with Crippen molar-refractivity contribution in [3.8, 4) is 0 Å². The van der Waals surface area contributed by atoms with Crippen LogP contribution in [0.2, 0.25) is 10.0 Å². The van der Waals surface area contributed by atoms with Crippen LogP contribution in [0.4, 0.5) is 0 Å². The van der Waals surface area contributed by atoms with Crippen LogP contribution in [0.15, 0.2) is 29.5 Å². The predicted molar refractivity (Wildman–Crippen MR) is 99.8 cm³/mol. The number of aromatic nitrogens is 3. The van der Waals surface area contributed by atoms with Gasteiger partial charge in [-0.1, -0.05) is 29.3 Å². The highest BCUT2D eigenvalue weighted by atomic mass is 127. The summed E-state index contributed by atoms with van der Waals surface area (Å²) in [6, 6.07) is 5.26. The van der Waals surface area contributed by atoms with Gasteiger partial charge in [-0.3, -0.25) is 4.68 Å². The van der Waals surface area contributed by atoms with Gasteiger partial charge in [-0.15, -0.1) is 24.0 Å². The van der Waals surface area contributed by atoms with Crippen molar-refractivity contribution in [3.63, 3.8) is 0 Å². The molecule has 1 aromatic carbocycles. The number of nitrogens with zero attached hydrogens (tertiary/aromatic N) is 4. The predicted octanol–water partition coefficient (Wildman–Crippen LogP) is 2.91. The molecule has 0 aliphatic rings. The van der Waals surface area contributed by atoms with E-state index >= 15 is 0 Å². The summed E-state index contributed by atoms with van der Waals surface area (Å²) >= 11 is 12.0. The van der Waals surface area contributed by atoms with Gasteiger partial charge in [0.25, 0.3) is 0 Å². The van der Waals surface area contributed by atoms with Gasteiger partial charge in [0.15, 0.2) is 5.96 Å². The number of halogens is 3. The van der Waals surface area contributed by atoms with Gasteiger partial charge in [-0.2, -0.15) is 5.10 Å². The Hall–Kier alpha value is -1.06. The number of guanidine groups is 1. The second-order valence-electron chi connectivity index (χ2n) is 4.53. The van der Waals surface area contributed by atoms with E-state index in [0.29, 0.717) is 22.5 Å². The number of nitrogens with one attached hydrogen (secondary N) is 1. The summed E-state index contributed by atoms with van der Waals surface area (Å²) in [4.78, 5) is 8.31. The molecule has 0 aliphatic carbocycles. The minimum atomic E-state index is -0.0852. The van der Waals surface area contributed by atoms with E-state index in [0.717, 1.165) is 11.4 Å². The third-order valence-electron chi connectivity index (χ3n) is 2.99. The smallest absolute Gasteiger partial charge is 0.189 e. The Morgan fingerprint density at radius 2 is 2.18 bits per heavy atom. The molecule has 1 heterocycles. The average molecular weight is 455 g/mol.